The molecular formula is C37H39NO9. The van der Waals surface area contributed by atoms with Crippen LogP contribution in [0.5, 0.6) is 0 Å². The van der Waals surface area contributed by atoms with Crippen molar-refractivity contribution in [3.05, 3.63) is 102 Å². The number of fused-ring (bicyclic) bond motifs is 1. The van der Waals surface area contributed by atoms with Crippen molar-refractivity contribution in [2.45, 2.75) is 76.5 Å². The number of rotatable bonds is 8. The first-order valence-corrected chi connectivity index (χ1v) is 15.9. The standard InChI is InChI=1S/C37H39NO9/c1-23-17-18-29(44-24(2)39)36(22-43-32(40)27-16-11-19-38-21-27)31(46-34(42)26-14-9-6-10-15-26)30(28-20-37(23,36)47-35(28,3)4)45-33(41)25-12-7-5-8-13-25/h5-16,19,21,23,28-31H,17-18,20,22H2,1-4H3/t23-,28-,29+,30-,31-,36+,37+/m1/s1. The van der Waals surface area contributed by atoms with Gasteiger partial charge in [0.25, 0.3) is 0 Å². The fourth-order valence-electron chi connectivity index (χ4n) is 8.06. The first-order valence-electron chi connectivity index (χ1n) is 15.9. The topological polar surface area (TPSA) is 127 Å². The van der Waals surface area contributed by atoms with Crippen LogP contribution in [0.25, 0.3) is 0 Å². The normalized spacial score (nSPS) is 30.3. The molecule has 2 saturated carbocycles. The molecule has 246 valence electrons. The summed E-state index contributed by atoms with van der Waals surface area (Å²) in [4.78, 5) is 58.0. The van der Waals surface area contributed by atoms with Crippen LogP contribution in [0.4, 0.5) is 0 Å². The van der Waals surface area contributed by atoms with Crippen molar-refractivity contribution < 1.29 is 42.9 Å². The molecule has 6 rings (SSSR count). The SMILES string of the molecule is CC(=O)O[C@H]1CC[C@@H](C)[C@@]23C[C@H]([C@@H](OC(=O)c4ccccc4)[C@@H](OC(=O)c4ccccc4)[C@]12COC(=O)c1cccnc1)C(C)(C)O3. The predicted molar refractivity (Wildman–Crippen MR) is 168 cm³/mol. The number of pyridine rings is 1. The van der Waals surface area contributed by atoms with Crippen LogP contribution in [0.3, 0.4) is 0 Å². The molecule has 0 N–H and O–H groups in total. The van der Waals surface area contributed by atoms with Gasteiger partial charge < -0.3 is 23.7 Å². The molecule has 10 heteroatoms. The maximum absolute atomic E-state index is 14.0. The summed E-state index contributed by atoms with van der Waals surface area (Å²) in [6.07, 6.45) is 1.12. The lowest BCUT2D eigenvalue weighted by molar-refractivity contribution is -0.285. The van der Waals surface area contributed by atoms with Crippen LogP contribution < -0.4 is 0 Å². The molecule has 0 amide bonds. The zero-order valence-corrected chi connectivity index (χ0v) is 26.9. The second-order valence-corrected chi connectivity index (χ2v) is 13.3. The molecule has 1 saturated heterocycles. The number of hydrogen-bond acceptors (Lipinski definition) is 10. The van der Waals surface area contributed by atoms with Crippen LogP contribution in [0, 0.1) is 17.3 Å². The van der Waals surface area contributed by atoms with Gasteiger partial charge in [-0.25, -0.2) is 14.4 Å². The Kier molecular flexibility index (Phi) is 8.65. The summed E-state index contributed by atoms with van der Waals surface area (Å²) >= 11 is 0. The molecule has 47 heavy (non-hydrogen) atoms. The van der Waals surface area contributed by atoms with Gasteiger partial charge in [0, 0.05) is 25.2 Å². The summed E-state index contributed by atoms with van der Waals surface area (Å²) in [6.45, 7) is 6.85. The van der Waals surface area contributed by atoms with Crippen LogP contribution in [-0.2, 0) is 28.5 Å². The number of aromatic nitrogens is 1. The number of nitrogens with zero attached hydrogens (tertiary/aromatic N) is 1. The number of esters is 4. The van der Waals surface area contributed by atoms with Crippen molar-refractivity contribution >= 4 is 23.9 Å². The van der Waals surface area contributed by atoms with Crippen molar-refractivity contribution in [1.82, 2.24) is 4.98 Å². The molecule has 0 unspecified atom stereocenters. The van der Waals surface area contributed by atoms with Crippen molar-refractivity contribution in [2.24, 2.45) is 17.3 Å². The highest BCUT2D eigenvalue weighted by molar-refractivity contribution is 5.91. The minimum absolute atomic E-state index is 0.139. The smallest absolute Gasteiger partial charge is 0.339 e. The van der Waals surface area contributed by atoms with Gasteiger partial charge in [-0.3, -0.25) is 9.78 Å². The van der Waals surface area contributed by atoms with Gasteiger partial charge in [0.05, 0.1) is 27.9 Å². The Morgan fingerprint density at radius 1 is 0.809 bits per heavy atom. The van der Waals surface area contributed by atoms with E-state index in [0.29, 0.717) is 24.8 Å². The molecule has 0 radical (unpaired) electrons. The zero-order chi connectivity index (χ0) is 33.4. The molecular weight excluding hydrogens is 602 g/mol. The van der Waals surface area contributed by atoms with Gasteiger partial charge >= 0.3 is 23.9 Å². The number of ether oxygens (including phenoxy) is 5. The van der Waals surface area contributed by atoms with E-state index in [2.05, 4.69) is 4.98 Å². The number of benzene rings is 2. The number of hydrogen-bond donors (Lipinski definition) is 0. The fourth-order valence-corrected chi connectivity index (χ4v) is 8.06. The second-order valence-electron chi connectivity index (χ2n) is 13.3. The van der Waals surface area contributed by atoms with Gasteiger partial charge in [0.1, 0.15) is 24.2 Å². The van der Waals surface area contributed by atoms with Crippen LogP contribution in [0.15, 0.2) is 85.2 Å². The van der Waals surface area contributed by atoms with E-state index >= 15 is 0 Å². The van der Waals surface area contributed by atoms with E-state index in [-0.39, 0.29) is 23.7 Å². The van der Waals surface area contributed by atoms with Crippen LogP contribution in [-0.4, -0.2) is 65.0 Å². The van der Waals surface area contributed by atoms with E-state index in [4.69, 9.17) is 23.7 Å². The molecule has 1 aromatic heterocycles. The Hall–Kier alpha value is -4.57. The summed E-state index contributed by atoms with van der Waals surface area (Å²) in [5, 5.41) is 0. The third kappa shape index (κ3) is 5.69. The Balaban J connectivity index is 1.53. The number of carbonyl (C=O) groups excluding carboxylic acids is 4. The van der Waals surface area contributed by atoms with Crippen molar-refractivity contribution in [3.63, 3.8) is 0 Å². The van der Waals surface area contributed by atoms with E-state index in [0.717, 1.165) is 0 Å². The maximum atomic E-state index is 14.0. The fraction of sp³-hybridized carbons (Fsp3) is 0.432. The van der Waals surface area contributed by atoms with Gasteiger partial charge in [-0.2, -0.15) is 0 Å². The molecule has 2 heterocycles. The highest BCUT2D eigenvalue weighted by Gasteiger charge is 2.79. The average Bonchev–Trinajstić information content (AvgIpc) is 3.33. The van der Waals surface area contributed by atoms with E-state index in [1.165, 1.54) is 13.1 Å². The van der Waals surface area contributed by atoms with Gasteiger partial charge in [0.15, 0.2) is 6.10 Å². The maximum Gasteiger partial charge on any atom is 0.339 e. The van der Waals surface area contributed by atoms with Crippen LogP contribution >= 0.6 is 0 Å². The quantitative estimate of drug-likeness (QED) is 0.226. The van der Waals surface area contributed by atoms with Gasteiger partial charge in [-0.05, 0) is 75.4 Å². The summed E-state index contributed by atoms with van der Waals surface area (Å²) in [6, 6.07) is 20.2. The Morgan fingerprint density at radius 3 is 2.02 bits per heavy atom. The lowest BCUT2D eigenvalue weighted by Crippen LogP contribution is -2.74. The third-order valence-electron chi connectivity index (χ3n) is 10.2. The highest BCUT2D eigenvalue weighted by Crippen LogP contribution is 2.67. The largest absolute Gasteiger partial charge is 0.462 e. The minimum Gasteiger partial charge on any atom is -0.462 e. The van der Waals surface area contributed by atoms with Crippen LogP contribution in [0.1, 0.15) is 78.0 Å². The summed E-state index contributed by atoms with van der Waals surface area (Å²) in [5.41, 5.74) is -2.61. The molecule has 3 aliphatic rings. The average molecular weight is 642 g/mol. The molecule has 1 aliphatic heterocycles. The second kappa shape index (κ2) is 12.6. The Labute approximate surface area is 273 Å². The minimum atomic E-state index is -1.47. The predicted octanol–water partition coefficient (Wildman–Crippen LogP) is 5.61. The lowest BCUT2D eigenvalue weighted by atomic mass is 9.49. The lowest BCUT2D eigenvalue weighted by Gasteiger charge is -2.61. The third-order valence-corrected chi connectivity index (χ3v) is 10.2. The van der Waals surface area contributed by atoms with Gasteiger partial charge in [0.2, 0.25) is 0 Å². The summed E-state index contributed by atoms with van der Waals surface area (Å²) in [7, 11) is 0. The van der Waals surface area contributed by atoms with Crippen molar-refractivity contribution in [1.29, 1.82) is 0 Å². The van der Waals surface area contributed by atoms with E-state index in [1.807, 2.05) is 20.8 Å². The highest BCUT2D eigenvalue weighted by atomic mass is 16.6. The van der Waals surface area contributed by atoms with E-state index in [9.17, 15) is 19.2 Å². The monoisotopic (exact) mass is 641 g/mol. The van der Waals surface area contributed by atoms with Crippen molar-refractivity contribution in [2.75, 3.05) is 6.61 Å². The van der Waals surface area contributed by atoms with Gasteiger partial charge in [-0.1, -0.05) is 43.3 Å². The summed E-state index contributed by atoms with van der Waals surface area (Å²) in [5.74, 6) is -3.05. The molecule has 3 fully saturated rings. The van der Waals surface area contributed by atoms with Crippen LogP contribution in [0.2, 0.25) is 0 Å². The molecule has 2 bridgehead atoms. The number of carbonyl (C=O) groups is 4. The van der Waals surface area contributed by atoms with E-state index < -0.39 is 64.7 Å². The Morgan fingerprint density at radius 2 is 1.43 bits per heavy atom. The van der Waals surface area contributed by atoms with Gasteiger partial charge in [-0.15, -0.1) is 0 Å². The van der Waals surface area contributed by atoms with Crippen molar-refractivity contribution in [3.8, 4) is 0 Å². The Bertz CT molecular complexity index is 1630. The van der Waals surface area contributed by atoms with E-state index in [1.54, 1.807) is 79.0 Å². The molecule has 1 spiro atoms. The molecule has 2 aromatic carbocycles. The zero-order valence-electron chi connectivity index (χ0n) is 26.9. The molecule has 3 aromatic rings. The first kappa shape index (κ1) is 32.4. The first-order chi connectivity index (χ1) is 22.5. The molecule has 10 nitrogen and oxygen atoms in total. The summed E-state index contributed by atoms with van der Waals surface area (Å²) < 4.78 is 32.1. The molecule has 7 atom stereocenters. The molecule has 2 aliphatic carbocycles.